The van der Waals surface area contributed by atoms with Crippen molar-refractivity contribution < 1.29 is 18.3 Å². The minimum Gasteiger partial charge on any atom is -0.545 e. The highest BCUT2D eigenvalue weighted by Crippen LogP contribution is 2.26. The van der Waals surface area contributed by atoms with Crippen LogP contribution in [0.4, 0.5) is 5.69 Å². The molecule has 5 nitrogen and oxygen atoms in total. The lowest BCUT2D eigenvalue weighted by molar-refractivity contribution is -0.255. The second kappa shape index (κ2) is 6.22. The number of sulfonamides is 1. The van der Waals surface area contributed by atoms with Crippen molar-refractivity contribution in [2.75, 3.05) is 4.72 Å². The van der Waals surface area contributed by atoms with Crippen LogP contribution in [0.2, 0.25) is 5.02 Å². The standard InChI is InChI=1S/C16H16ClNO4S/c1-9-6-12(16(19)20)8-15(11(9)3)23(21,22)18-14-5-4-13(17)7-10(14)2/h4-8,18H,1-3H3,(H,19,20)/p-1. The van der Waals surface area contributed by atoms with Crippen LogP contribution in [-0.4, -0.2) is 14.4 Å². The number of carboxylic acid groups (broad SMARTS) is 1. The van der Waals surface area contributed by atoms with Crippen LogP contribution >= 0.6 is 11.6 Å². The third-order valence-corrected chi connectivity index (χ3v) is 5.30. The number of hydrogen-bond donors (Lipinski definition) is 1. The molecule has 0 aliphatic rings. The van der Waals surface area contributed by atoms with Crippen molar-refractivity contribution in [3.05, 3.63) is 57.6 Å². The number of halogens is 1. The number of aryl methyl sites for hydroxylation is 2. The summed E-state index contributed by atoms with van der Waals surface area (Å²) in [5.41, 5.74) is 1.90. The van der Waals surface area contributed by atoms with Crippen molar-refractivity contribution in [3.8, 4) is 0 Å². The Balaban J connectivity index is 2.53. The first kappa shape index (κ1) is 17.3. The van der Waals surface area contributed by atoms with Gasteiger partial charge in [-0.05, 0) is 73.4 Å². The van der Waals surface area contributed by atoms with E-state index in [1.807, 2.05) is 0 Å². The van der Waals surface area contributed by atoms with Crippen LogP contribution in [-0.2, 0) is 10.0 Å². The highest BCUT2D eigenvalue weighted by molar-refractivity contribution is 7.92. The second-order valence-electron chi connectivity index (χ2n) is 5.27. The van der Waals surface area contributed by atoms with E-state index in [-0.39, 0.29) is 10.5 Å². The average molecular weight is 353 g/mol. The summed E-state index contributed by atoms with van der Waals surface area (Å²) in [6.07, 6.45) is 0. The number of rotatable bonds is 4. The van der Waals surface area contributed by atoms with Gasteiger partial charge >= 0.3 is 0 Å². The Morgan fingerprint density at radius 2 is 1.74 bits per heavy atom. The molecule has 2 aromatic rings. The topological polar surface area (TPSA) is 86.3 Å². The van der Waals surface area contributed by atoms with E-state index in [0.717, 1.165) is 6.07 Å². The second-order valence-corrected chi connectivity index (χ2v) is 7.36. The number of carbonyl (C=O) groups excluding carboxylic acids is 1. The summed E-state index contributed by atoms with van der Waals surface area (Å²) in [6, 6.07) is 7.25. The molecule has 0 bridgehead atoms. The van der Waals surface area contributed by atoms with Crippen LogP contribution < -0.4 is 9.83 Å². The molecule has 0 atom stereocenters. The first-order valence-electron chi connectivity index (χ1n) is 6.73. The van der Waals surface area contributed by atoms with Crippen molar-refractivity contribution in [2.45, 2.75) is 25.7 Å². The molecule has 0 radical (unpaired) electrons. The summed E-state index contributed by atoms with van der Waals surface area (Å²) in [6.45, 7) is 4.99. The van der Waals surface area contributed by atoms with Gasteiger partial charge < -0.3 is 9.90 Å². The molecule has 122 valence electrons. The minimum absolute atomic E-state index is 0.0916. The van der Waals surface area contributed by atoms with E-state index in [9.17, 15) is 18.3 Å². The Kier molecular flexibility index (Phi) is 4.68. The van der Waals surface area contributed by atoms with E-state index < -0.39 is 16.0 Å². The van der Waals surface area contributed by atoms with Crippen molar-refractivity contribution in [2.24, 2.45) is 0 Å². The maximum Gasteiger partial charge on any atom is 0.262 e. The quantitative estimate of drug-likeness (QED) is 0.915. The first-order valence-corrected chi connectivity index (χ1v) is 8.59. The third-order valence-electron chi connectivity index (χ3n) is 3.58. The van der Waals surface area contributed by atoms with Gasteiger partial charge in [-0.25, -0.2) is 8.42 Å². The number of carboxylic acids is 1. The molecule has 0 aromatic heterocycles. The highest BCUT2D eigenvalue weighted by Gasteiger charge is 2.20. The Labute approximate surface area is 140 Å². The summed E-state index contributed by atoms with van der Waals surface area (Å²) in [7, 11) is -3.94. The molecule has 0 unspecified atom stereocenters. The number of carbonyl (C=O) groups is 1. The van der Waals surface area contributed by atoms with E-state index >= 15 is 0 Å². The SMILES string of the molecule is Cc1cc(Cl)ccc1NS(=O)(=O)c1cc(C(=O)[O-])cc(C)c1C. The number of aromatic carboxylic acids is 1. The number of hydrogen-bond acceptors (Lipinski definition) is 4. The summed E-state index contributed by atoms with van der Waals surface area (Å²) >= 11 is 5.86. The van der Waals surface area contributed by atoms with E-state index in [1.165, 1.54) is 6.07 Å². The molecule has 0 amide bonds. The molecule has 0 spiro atoms. The Bertz CT molecular complexity index is 891. The Hall–Kier alpha value is -2.05. The lowest BCUT2D eigenvalue weighted by Gasteiger charge is -2.15. The lowest BCUT2D eigenvalue weighted by Crippen LogP contribution is -2.24. The number of anilines is 1. The smallest absolute Gasteiger partial charge is 0.262 e. The van der Waals surface area contributed by atoms with Gasteiger partial charge in [0, 0.05) is 5.02 Å². The molecular weight excluding hydrogens is 338 g/mol. The van der Waals surface area contributed by atoms with Gasteiger partial charge in [-0.2, -0.15) is 0 Å². The van der Waals surface area contributed by atoms with Gasteiger partial charge in [0.05, 0.1) is 16.6 Å². The summed E-state index contributed by atoms with van der Waals surface area (Å²) in [5, 5.41) is 11.5. The molecule has 0 saturated heterocycles. The van der Waals surface area contributed by atoms with Gasteiger partial charge in [-0.15, -0.1) is 0 Å². The molecule has 0 saturated carbocycles. The lowest BCUT2D eigenvalue weighted by atomic mass is 10.1. The molecule has 0 aliphatic carbocycles. The van der Waals surface area contributed by atoms with Crippen molar-refractivity contribution in [1.29, 1.82) is 0 Å². The summed E-state index contributed by atoms with van der Waals surface area (Å²) in [4.78, 5) is 11.0. The van der Waals surface area contributed by atoms with Gasteiger partial charge in [0.1, 0.15) is 0 Å². The average Bonchev–Trinajstić information content (AvgIpc) is 2.44. The highest BCUT2D eigenvalue weighted by atomic mass is 35.5. The minimum atomic E-state index is -3.94. The predicted octanol–water partition coefficient (Wildman–Crippen LogP) is 2.43. The van der Waals surface area contributed by atoms with Crippen LogP contribution in [0, 0.1) is 20.8 Å². The van der Waals surface area contributed by atoms with Gasteiger partial charge in [-0.1, -0.05) is 11.6 Å². The van der Waals surface area contributed by atoms with E-state index in [0.29, 0.717) is 27.4 Å². The molecule has 1 N–H and O–H groups in total. The molecule has 0 fully saturated rings. The number of nitrogens with one attached hydrogen (secondary N) is 1. The number of benzene rings is 2. The zero-order valence-corrected chi connectivity index (χ0v) is 14.4. The molecule has 2 rings (SSSR count). The zero-order valence-electron chi connectivity index (χ0n) is 12.8. The largest absolute Gasteiger partial charge is 0.545 e. The van der Waals surface area contributed by atoms with E-state index in [2.05, 4.69) is 4.72 Å². The molecule has 2 aromatic carbocycles. The van der Waals surface area contributed by atoms with E-state index in [4.69, 9.17) is 11.6 Å². The Morgan fingerprint density at radius 3 is 2.30 bits per heavy atom. The fourth-order valence-corrected chi connectivity index (χ4v) is 3.87. The maximum absolute atomic E-state index is 12.6. The first-order chi connectivity index (χ1) is 10.6. The van der Waals surface area contributed by atoms with Crippen molar-refractivity contribution in [1.82, 2.24) is 0 Å². The normalized spacial score (nSPS) is 11.3. The van der Waals surface area contributed by atoms with E-state index in [1.54, 1.807) is 39.0 Å². The van der Waals surface area contributed by atoms with Gasteiger partial charge in [0.15, 0.2) is 0 Å². The molecule has 0 aliphatic heterocycles. The summed E-state index contributed by atoms with van der Waals surface area (Å²) < 4.78 is 27.7. The molecular formula is C16H15ClNO4S-. The van der Waals surface area contributed by atoms with Crippen LogP contribution in [0.15, 0.2) is 35.2 Å². The van der Waals surface area contributed by atoms with Gasteiger partial charge in [-0.3, -0.25) is 4.72 Å². The molecule has 7 heteroatoms. The Morgan fingerprint density at radius 1 is 1.09 bits per heavy atom. The van der Waals surface area contributed by atoms with Crippen LogP contribution in [0.1, 0.15) is 27.0 Å². The van der Waals surface area contributed by atoms with Crippen molar-refractivity contribution >= 4 is 33.3 Å². The monoisotopic (exact) mass is 352 g/mol. The fraction of sp³-hybridized carbons (Fsp3) is 0.188. The fourth-order valence-electron chi connectivity index (χ4n) is 2.17. The zero-order chi connectivity index (χ0) is 17.4. The van der Waals surface area contributed by atoms with Crippen molar-refractivity contribution in [3.63, 3.8) is 0 Å². The molecule has 23 heavy (non-hydrogen) atoms. The predicted molar refractivity (Wildman–Crippen MR) is 87.2 cm³/mol. The van der Waals surface area contributed by atoms with Gasteiger partial charge in [0.25, 0.3) is 10.0 Å². The van der Waals surface area contributed by atoms with Crippen LogP contribution in [0.3, 0.4) is 0 Å². The molecule has 0 heterocycles. The van der Waals surface area contributed by atoms with Crippen LogP contribution in [0.5, 0.6) is 0 Å². The maximum atomic E-state index is 12.6. The van der Waals surface area contributed by atoms with Gasteiger partial charge in [0.2, 0.25) is 0 Å². The van der Waals surface area contributed by atoms with Crippen LogP contribution in [0.25, 0.3) is 0 Å². The third kappa shape index (κ3) is 3.65. The summed E-state index contributed by atoms with van der Waals surface area (Å²) in [5.74, 6) is -1.42.